The van der Waals surface area contributed by atoms with Gasteiger partial charge in [-0.3, -0.25) is 4.79 Å². The van der Waals surface area contributed by atoms with Crippen molar-refractivity contribution in [2.24, 2.45) is 0 Å². The van der Waals surface area contributed by atoms with E-state index in [9.17, 15) is 13.2 Å². The summed E-state index contributed by atoms with van der Waals surface area (Å²) in [4.78, 5) is 14.7. The first-order chi connectivity index (χ1) is 15.5. The second-order valence-electron chi connectivity index (χ2n) is 7.32. The second-order valence-corrected chi connectivity index (χ2v) is 9.26. The van der Waals surface area contributed by atoms with E-state index in [1.54, 1.807) is 35.2 Å². The molecule has 32 heavy (non-hydrogen) atoms. The number of rotatable bonds is 4. The summed E-state index contributed by atoms with van der Waals surface area (Å²) >= 11 is 0. The maximum atomic E-state index is 13.1. The zero-order valence-electron chi connectivity index (χ0n) is 17.0. The fraction of sp³-hybridized carbons (Fsp3) is 0.286. The van der Waals surface area contributed by atoms with E-state index in [0.29, 0.717) is 49.3 Å². The Kier molecular flexibility index (Phi) is 5.27. The topological polar surface area (TPSA) is 115 Å². The minimum Gasteiger partial charge on any atom is -0.486 e. The molecular weight excluding hydrogens is 436 g/mol. The number of amides is 1. The van der Waals surface area contributed by atoms with E-state index in [2.05, 4.69) is 10.2 Å². The Hall–Kier alpha value is -3.44. The lowest BCUT2D eigenvalue weighted by atomic mass is 10.1. The fourth-order valence-corrected chi connectivity index (χ4v) is 5.14. The van der Waals surface area contributed by atoms with Gasteiger partial charge in [-0.25, -0.2) is 8.42 Å². The van der Waals surface area contributed by atoms with Crippen LogP contribution in [-0.4, -0.2) is 73.1 Å². The molecule has 0 bridgehead atoms. The Balaban J connectivity index is 1.25. The van der Waals surface area contributed by atoms with Crippen LogP contribution in [0.3, 0.4) is 0 Å². The van der Waals surface area contributed by atoms with E-state index in [1.165, 1.54) is 22.8 Å². The Morgan fingerprint density at radius 2 is 1.62 bits per heavy atom. The molecule has 0 saturated carbocycles. The van der Waals surface area contributed by atoms with Crippen LogP contribution in [0, 0.1) is 0 Å². The summed E-state index contributed by atoms with van der Waals surface area (Å²) in [5.74, 6) is 1.19. The standard InChI is InChI=1S/C21H20N4O6S/c26-21(16-3-1-15(2-4-16)20-23-22-14-31-20)24-7-9-25(10-8-24)32(27,28)17-5-6-18-19(13-17)30-12-11-29-18/h1-6,13-14H,7-12H2. The predicted octanol–water partition coefficient (Wildman–Crippen LogP) is 1.65. The van der Waals surface area contributed by atoms with Gasteiger partial charge in [-0.2, -0.15) is 4.31 Å². The molecule has 0 N–H and O–H groups in total. The van der Waals surface area contributed by atoms with Crippen molar-refractivity contribution in [2.75, 3.05) is 39.4 Å². The number of hydrogen-bond acceptors (Lipinski definition) is 8. The number of carbonyl (C=O) groups excluding carboxylic acids is 1. The number of fused-ring (bicyclic) bond motifs is 1. The van der Waals surface area contributed by atoms with Crippen LogP contribution >= 0.6 is 0 Å². The molecule has 1 fully saturated rings. The average molecular weight is 456 g/mol. The molecule has 3 aromatic rings. The van der Waals surface area contributed by atoms with Gasteiger partial charge in [0, 0.05) is 43.4 Å². The van der Waals surface area contributed by atoms with Gasteiger partial charge in [0.1, 0.15) is 13.2 Å². The molecule has 2 aromatic carbocycles. The quantitative estimate of drug-likeness (QED) is 0.582. The number of nitrogens with zero attached hydrogens (tertiary/aromatic N) is 4. The first kappa shape index (κ1) is 20.5. The molecular formula is C21H20N4O6S. The van der Waals surface area contributed by atoms with Crippen molar-refractivity contribution in [3.63, 3.8) is 0 Å². The molecule has 1 saturated heterocycles. The van der Waals surface area contributed by atoms with Gasteiger partial charge in [-0.1, -0.05) is 0 Å². The third-order valence-corrected chi connectivity index (χ3v) is 7.31. The van der Waals surface area contributed by atoms with E-state index >= 15 is 0 Å². The third kappa shape index (κ3) is 3.80. The molecule has 1 amide bonds. The Bertz CT molecular complexity index is 1220. The molecule has 5 rings (SSSR count). The van der Waals surface area contributed by atoms with Crippen molar-refractivity contribution >= 4 is 15.9 Å². The molecule has 0 radical (unpaired) electrons. The van der Waals surface area contributed by atoms with Crippen molar-refractivity contribution in [2.45, 2.75) is 4.90 Å². The molecule has 0 aliphatic carbocycles. The summed E-state index contributed by atoms with van der Waals surface area (Å²) in [6.45, 7) is 1.84. The average Bonchev–Trinajstić information content (AvgIpc) is 3.38. The summed E-state index contributed by atoms with van der Waals surface area (Å²) in [6, 6.07) is 11.5. The van der Waals surface area contributed by atoms with Gasteiger partial charge in [0.25, 0.3) is 5.91 Å². The lowest BCUT2D eigenvalue weighted by Crippen LogP contribution is -2.50. The van der Waals surface area contributed by atoms with Gasteiger partial charge < -0.3 is 18.8 Å². The molecule has 10 nitrogen and oxygen atoms in total. The predicted molar refractivity (Wildman–Crippen MR) is 112 cm³/mol. The minimum atomic E-state index is -3.70. The Morgan fingerprint density at radius 3 is 2.31 bits per heavy atom. The molecule has 2 aliphatic heterocycles. The summed E-state index contributed by atoms with van der Waals surface area (Å²) < 4.78 is 43.7. The van der Waals surface area contributed by atoms with Crippen LogP contribution in [-0.2, 0) is 10.0 Å². The van der Waals surface area contributed by atoms with Crippen LogP contribution in [0.15, 0.2) is 58.2 Å². The largest absolute Gasteiger partial charge is 0.486 e. The summed E-state index contributed by atoms with van der Waals surface area (Å²) in [6.07, 6.45) is 1.24. The lowest BCUT2D eigenvalue weighted by Gasteiger charge is -2.34. The van der Waals surface area contributed by atoms with E-state index in [4.69, 9.17) is 13.9 Å². The van der Waals surface area contributed by atoms with Gasteiger partial charge in [0.15, 0.2) is 11.5 Å². The highest BCUT2D eigenvalue weighted by atomic mass is 32.2. The number of carbonyl (C=O) groups is 1. The number of sulfonamides is 1. The molecule has 0 spiro atoms. The van der Waals surface area contributed by atoms with Crippen molar-refractivity contribution in [1.82, 2.24) is 19.4 Å². The highest BCUT2D eigenvalue weighted by Gasteiger charge is 2.31. The minimum absolute atomic E-state index is 0.151. The Morgan fingerprint density at radius 1 is 0.906 bits per heavy atom. The van der Waals surface area contributed by atoms with E-state index in [1.807, 2.05) is 0 Å². The zero-order chi connectivity index (χ0) is 22.1. The summed E-state index contributed by atoms with van der Waals surface area (Å²) in [7, 11) is -3.70. The normalized spacial score (nSPS) is 16.7. The third-order valence-electron chi connectivity index (χ3n) is 5.42. The molecule has 3 heterocycles. The number of piperazine rings is 1. The van der Waals surface area contributed by atoms with Crippen molar-refractivity contribution in [3.05, 3.63) is 54.4 Å². The van der Waals surface area contributed by atoms with Crippen molar-refractivity contribution < 1.29 is 27.1 Å². The number of aromatic nitrogens is 2. The van der Waals surface area contributed by atoms with Crippen LogP contribution in [0.2, 0.25) is 0 Å². The van der Waals surface area contributed by atoms with Crippen LogP contribution in [0.4, 0.5) is 0 Å². The zero-order valence-corrected chi connectivity index (χ0v) is 17.8. The smallest absolute Gasteiger partial charge is 0.253 e. The van der Waals surface area contributed by atoms with Crippen molar-refractivity contribution in [3.8, 4) is 23.0 Å². The first-order valence-corrected chi connectivity index (χ1v) is 11.5. The van der Waals surface area contributed by atoms with Crippen LogP contribution in [0.25, 0.3) is 11.5 Å². The van der Waals surface area contributed by atoms with E-state index < -0.39 is 10.0 Å². The van der Waals surface area contributed by atoms with Crippen LogP contribution in [0.1, 0.15) is 10.4 Å². The SMILES string of the molecule is O=C(c1ccc(-c2nnco2)cc1)N1CCN(S(=O)(=O)c2ccc3c(c2)OCCO3)CC1. The molecule has 0 unspecified atom stereocenters. The number of hydrogen-bond donors (Lipinski definition) is 0. The lowest BCUT2D eigenvalue weighted by molar-refractivity contribution is 0.0698. The first-order valence-electron chi connectivity index (χ1n) is 10.1. The van der Waals surface area contributed by atoms with E-state index in [-0.39, 0.29) is 23.9 Å². The van der Waals surface area contributed by atoms with Crippen molar-refractivity contribution in [1.29, 1.82) is 0 Å². The highest BCUT2D eigenvalue weighted by molar-refractivity contribution is 7.89. The number of benzene rings is 2. The van der Waals surface area contributed by atoms with Gasteiger partial charge >= 0.3 is 0 Å². The van der Waals surface area contributed by atoms with Gasteiger partial charge in [0.2, 0.25) is 22.3 Å². The fourth-order valence-electron chi connectivity index (χ4n) is 3.70. The summed E-state index contributed by atoms with van der Waals surface area (Å²) in [5.41, 5.74) is 1.23. The maximum absolute atomic E-state index is 13.1. The van der Waals surface area contributed by atoms with Crippen LogP contribution in [0.5, 0.6) is 11.5 Å². The molecule has 11 heteroatoms. The van der Waals surface area contributed by atoms with E-state index in [0.717, 1.165) is 5.56 Å². The molecule has 166 valence electrons. The molecule has 0 atom stereocenters. The molecule has 1 aromatic heterocycles. The highest BCUT2D eigenvalue weighted by Crippen LogP contribution is 2.33. The maximum Gasteiger partial charge on any atom is 0.253 e. The van der Waals surface area contributed by atoms with Gasteiger partial charge in [-0.05, 0) is 36.4 Å². The van der Waals surface area contributed by atoms with Gasteiger partial charge in [-0.15, -0.1) is 10.2 Å². The van der Waals surface area contributed by atoms with Crippen LogP contribution < -0.4 is 9.47 Å². The molecule has 2 aliphatic rings. The number of ether oxygens (including phenoxy) is 2. The second kappa shape index (κ2) is 8.24. The van der Waals surface area contributed by atoms with Gasteiger partial charge in [0.05, 0.1) is 4.90 Å². The summed E-state index contributed by atoms with van der Waals surface area (Å²) in [5, 5.41) is 7.48. The Labute approximate surface area is 184 Å². The monoisotopic (exact) mass is 456 g/mol.